The Morgan fingerprint density at radius 2 is 1.40 bits per heavy atom. The molecule has 0 radical (unpaired) electrons. The van der Waals surface area contributed by atoms with Crippen LogP contribution in [-0.4, -0.2) is 82.0 Å². The van der Waals surface area contributed by atoms with E-state index in [-0.39, 0.29) is 32.1 Å². The van der Waals surface area contributed by atoms with Gasteiger partial charge in [-0.1, -0.05) is 20.3 Å². The SMILES string of the molecule is CCC(C)C(NC(=O)C(CCC(N)=O)NC(=O)C(CCSC)NC(=O)C(N)CCC(=O)O)C(=O)O. The van der Waals surface area contributed by atoms with Gasteiger partial charge in [-0.15, -0.1) is 0 Å². The molecule has 35 heavy (non-hydrogen) atoms. The van der Waals surface area contributed by atoms with Crippen LogP contribution in [0.2, 0.25) is 0 Å². The zero-order chi connectivity index (χ0) is 27.1. The third-order valence-corrected chi connectivity index (χ3v) is 5.98. The molecule has 0 spiro atoms. The molecule has 9 N–H and O–H groups in total. The van der Waals surface area contributed by atoms with Gasteiger partial charge in [0.2, 0.25) is 23.6 Å². The second-order valence-electron chi connectivity index (χ2n) is 8.16. The molecule has 0 bridgehead atoms. The molecule has 0 saturated heterocycles. The maximum atomic E-state index is 13.0. The Labute approximate surface area is 208 Å². The largest absolute Gasteiger partial charge is 0.481 e. The quantitative estimate of drug-likeness (QED) is 0.114. The van der Waals surface area contributed by atoms with Crippen LogP contribution < -0.4 is 27.4 Å². The summed E-state index contributed by atoms with van der Waals surface area (Å²) in [5.74, 6) is -5.28. The lowest BCUT2D eigenvalue weighted by Crippen LogP contribution is -2.58. The predicted octanol–water partition coefficient (Wildman–Crippen LogP) is -1.22. The Morgan fingerprint density at radius 3 is 1.89 bits per heavy atom. The smallest absolute Gasteiger partial charge is 0.326 e. The van der Waals surface area contributed by atoms with E-state index >= 15 is 0 Å². The van der Waals surface area contributed by atoms with Crippen molar-refractivity contribution in [2.75, 3.05) is 12.0 Å². The van der Waals surface area contributed by atoms with Crippen molar-refractivity contribution in [3.63, 3.8) is 0 Å². The lowest BCUT2D eigenvalue weighted by molar-refractivity contribution is -0.144. The topological polar surface area (TPSA) is 231 Å². The number of rotatable bonds is 18. The molecule has 4 amide bonds. The van der Waals surface area contributed by atoms with Gasteiger partial charge in [-0.2, -0.15) is 11.8 Å². The van der Waals surface area contributed by atoms with Crippen LogP contribution in [0.25, 0.3) is 0 Å². The number of hydrogen-bond donors (Lipinski definition) is 7. The Bertz CT molecular complexity index is 766. The van der Waals surface area contributed by atoms with Crippen LogP contribution in [-0.2, 0) is 28.8 Å². The minimum atomic E-state index is -1.28. The Morgan fingerprint density at radius 1 is 0.857 bits per heavy atom. The van der Waals surface area contributed by atoms with Crippen molar-refractivity contribution in [3.05, 3.63) is 0 Å². The minimum absolute atomic E-state index is 0.131. The number of amides is 4. The Hall–Kier alpha value is -2.87. The summed E-state index contributed by atoms with van der Waals surface area (Å²) in [6.07, 6.45) is 1.56. The number of carbonyl (C=O) groups excluding carboxylic acids is 4. The first-order valence-electron chi connectivity index (χ1n) is 11.2. The lowest BCUT2D eigenvalue weighted by atomic mass is 9.98. The van der Waals surface area contributed by atoms with Crippen LogP contribution in [0.1, 0.15) is 52.4 Å². The van der Waals surface area contributed by atoms with Crippen LogP contribution >= 0.6 is 11.8 Å². The summed E-state index contributed by atoms with van der Waals surface area (Å²) in [5.41, 5.74) is 10.9. The number of hydrogen-bond acceptors (Lipinski definition) is 8. The van der Waals surface area contributed by atoms with Gasteiger partial charge in [0.05, 0.1) is 6.04 Å². The van der Waals surface area contributed by atoms with Crippen molar-refractivity contribution in [3.8, 4) is 0 Å². The number of nitrogens with one attached hydrogen (secondary N) is 3. The first-order valence-corrected chi connectivity index (χ1v) is 12.6. The maximum Gasteiger partial charge on any atom is 0.326 e. The maximum absolute atomic E-state index is 13.0. The fourth-order valence-corrected chi connectivity index (χ4v) is 3.43. The van der Waals surface area contributed by atoms with Gasteiger partial charge in [0.15, 0.2) is 0 Å². The first kappa shape index (κ1) is 32.1. The second-order valence-corrected chi connectivity index (χ2v) is 9.14. The van der Waals surface area contributed by atoms with Crippen molar-refractivity contribution in [2.24, 2.45) is 17.4 Å². The van der Waals surface area contributed by atoms with Crippen molar-refractivity contribution in [2.45, 2.75) is 76.5 Å². The van der Waals surface area contributed by atoms with E-state index in [1.54, 1.807) is 20.1 Å². The molecule has 0 saturated carbocycles. The van der Waals surface area contributed by atoms with Gasteiger partial charge >= 0.3 is 11.9 Å². The lowest BCUT2D eigenvalue weighted by Gasteiger charge is -2.26. The van der Waals surface area contributed by atoms with Crippen molar-refractivity contribution >= 4 is 47.3 Å². The third kappa shape index (κ3) is 13.0. The summed E-state index contributed by atoms with van der Waals surface area (Å²) in [7, 11) is 0. The molecule has 200 valence electrons. The van der Waals surface area contributed by atoms with E-state index in [2.05, 4.69) is 16.0 Å². The van der Waals surface area contributed by atoms with E-state index in [1.807, 2.05) is 0 Å². The highest BCUT2D eigenvalue weighted by molar-refractivity contribution is 7.98. The molecule has 0 heterocycles. The van der Waals surface area contributed by atoms with Gasteiger partial charge in [0.1, 0.15) is 18.1 Å². The molecule has 0 rings (SSSR count). The van der Waals surface area contributed by atoms with E-state index in [0.717, 1.165) is 0 Å². The molecule has 14 heteroatoms. The number of carboxylic acids is 2. The van der Waals surface area contributed by atoms with Gasteiger partial charge in [-0.3, -0.25) is 24.0 Å². The van der Waals surface area contributed by atoms with Crippen LogP contribution in [0.5, 0.6) is 0 Å². The molecule has 0 aromatic rings. The molecule has 13 nitrogen and oxygen atoms in total. The zero-order valence-corrected chi connectivity index (χ0v) is 21.1. The monoisotopic (exact) mass is 519 g/mol. The van der Waals surface area contributed by atoms with Crippen molar-refractivity contribution in [1.29, 1.82) is 0 Å². The fourth-order valence-electron chi connectivity index (χ4n) is 2.96. The summed E-state index contributed by atoms with van der Waals surface area (Å²) < 4.78 is 0. The first-order chi connectivity index (χ1) is 16.3. The van der Waals surface area contributed by atoms with Crippen molar-refractivity contribution < 1.29 is 39.0 Å². The van der Waals surface area contributed by atoms with E-state index < -0.39 is 65.7 Å². The number of aliphatic carboxylic acids is 2. The van der Waals surface area contributed by atoms with Gasteiger partial charge in [-0.05, 0) is 37.2 Å². The fraction of sp³-hybridized carbons (Fsp3) is 0.714. The summed E-state index contributed by atoms with van der Waals surface area (Å²) in [4.78, 5) is 71.7. The predicted molar refractivity (Wildman–Crippen MR) is 129 cm³/mol. The van der Waals surface area contributed by atoms with Gasteiger partial charge in [0, 0.05) is 12.8 Å². The summed E-state index contributed by atoms with van der Waals surface area (Å²) >= 11 is 1.41. The van der Waals surface area contributed by atoms with Crippen LogP contribution in [0, 0.1) is 5.92 Å². The minimum Gasteiger partial charge on any atom is -0.481 e. The molecule has 0 aliphatic carbocycles. The number of carbonyl (C=O) groups is 6. The van der Waals surface area contributed by atoms with Crippen LogP contribution in [0.15, 0.2) is 0 Å². The molecule has 0 fully saturated rings. The van der Waals surface area contributed by atoms with E-state index in [1.165, 1.54) is 11.8 Å². The van der Waals surface area contributed by atoms with Crippen molar-refractivity contribution in [1.82, 2.24) is 16.0 Å². The zero-order valence-electron chi connectivity index (χ0n) is 20.2. The van der Waals surface area contributed by atoms with Crippen LogP contribution in [0.4, 0.5) is 0 Å². The number of nitrogens with two attached hydrogens (primary N) is 2. The molecule has 0 aliphatic rings. The molecular formula is C21H37N5O8S. The van der Waals surface area contributed by atoms with Gasteiger partial charge in [0.25, 0.3) is 0 Å². The highest BCUT2D eigenvalue weighted by Crippen LogP contribution is 2.10. The second kappa shape index (κ2) is 16.7. The highest BCUT2D eigenvalue weighted by Gasteiger charge is 2.32. The Kier molecular flexibility index (Phi) is 15.3. The number of thioether (sulfide) groups is 1. The third-order valence-electron chi connectivity index (χ3n) is 5.34. The molecule has 5 atom stereocenters. The van der Waals surface area contributed by atoms with Gasteiger partial charge in [-0.25, -0.2) is 4.79 Å². The molecular weight excluding hydrogens is 482 g/mol. The average molecular weight is 520 g/mol. The normalized spacial score (nSPS) is 15.1. The van der Waals surface area contributed by atoms with E-state index in [4.69, 9.17) is 16.6 Å². The summed E-state index contributed by atoms with van der Waals surface area (Å²) in [6.45, 7) is 3.41. The summed E-state index contributed by atoms with van der Waals surface area (Å²) in [6, 6.07) is -4.74. The average Bonchev–Trinajstić information content (AvgIpc) is 2.79. The van der Waals surface area contributed by atoms with E-state index in [0.29, 0.717) is 12.2 Å². The van der Waals surface area contributed by atoms with Gasteiger partial charge < -0.3 is 37.6 Å². The number of primary amides is 1. The molecule has 5 unspecified atom stereocenters. The molecule has 0 aromatic carbocycles. The van der Waals surface area contributed by atoms with Crippen LogP contribution in [0.3, 0.4) is 0 Å². The molecule has 0 aliphatic heterocycles. The summed E-state index contributed by atoms with van der Waals surface area (Å²) in [5, 5.41) is 25.5. The number of carboxylic acid groups (broad SMARTS) is 2. The molecule has 0 aromatic heterocycles. The standard InChI is InChI=1S/C21H37N5O8S/c1-4-11(2)17(21(33)34)26-20(32)13(6-7-15(23)27)25-19(31)14(9-10-35-3)24-18(30)12(22)5-8-16(28)29/h11-14,17H,4-10,22H2,1-3H3,(H2,23,27)(H,24,30)(H,25,31)(H,26,32)(H,28,29)(H,33,34). The van der Waals surface area contributed by atoms with E-state index in [9.17, 15) is 33.9 Å². The highest BCUT2D eigenvalue weighted by atomic mass is 32.2. The Balaban J connectivity index is 5.55.